The number of aryl methyl sites for hydroxylation is 1. The lowest BCUT2D eigenvalue weighted by atomic mass is 9.99. The summed E-state index contributed by atoms with van der Waals surface area (Å²) in [5, 5.41) is 9.33. The first-order valence-corrected chi connectivity index (χ1v) is 11.0. The van der Waals surface area contributed by atoms with E-state index in [4.69, 9.17) is 0 Å². The molecule has 0 saturated carbocycles. The fraction of sp³-hybridized carbons (Fsp3) is 0.381. The van der Waals surface area contributed by atoms with E-state index in [-0.39, 0.29) is 10.5 Å². The third kappa shape index (κ3) is 4.47. The van der Waals surface area contributed by atoms with Crippen LogP contribution in [0.5, 0.6) is 0 Å². The molecule has 28 heavy (non-hydrogen) atoms. The highest BCUT2D eigenvalue weighted by Gasteiger charge is 2.23. The molecular weight excluding hydrogens is 376 g/mol. The fourth-order valence-corrected chi connectivity index (χ4v) is 4.61. The summed E-state index contributed by atoms with van der Waals surface area (Å²) in [6, 6.07) is 11.3. The maximum absolute atomic E-state index is 12.9. The van der Waals surface area contributed by atoms with Gasteiger partial charge >= 0.3 is 5.97 Å². The minimum atomic E-state index is -3.83. The van der Waals surface area contributed by atoms with Crippen LogP contribution in [-0.2, 0) is 16.4 Å². The van der Waals surface area contributed by atoms with Gasteiger partial charge in [0.05, 0.1) is 21.8 Å². The third-order valence-electron chi connectivity index (χ3n) is 5.13. The number of aromatic carboxylic acids is 1. The van der Waals surface area contributed by atoms with Crippen LogP contribution >= 0.6 is 0 Å². The lowest BCUT2D eigenvalue weighted by molar-refractivity contribution is 0.0697. The Kier molecular flexibility index (Phi) is 5.93. The highest BCUT2D eigenvalue weighted by atomic mass is 32.2. The van der Waals surface area contributed by atoms with Crippen LogP contribution in [0.25, 0.3) is 0 Å². The Labute approximate surface area is 166 Å². The molecule has 2 aromatic carbocycles. The monoisotopic (exact) mass is 402 g/mol. The minimum absolute atomic E-state index is 0.0489. The molecule has 0 aliphatic carbocycles. The minimum Gasteiger partial charge on any atom is -0.478 e. The van der Waals surface area contributed by atoms with Gasteiger partial charge in [0.1, 0.15) is 0 Å². The van der Waals surface area contributed by atoms with E-state index in [2.05, 4.69) is 16.5 Å². The van der Waals surface area contributed by atoms with Gasteiger partial charge in [-0.2, -0.15) is 0 Å². The van der Waals surface area contributed by atoms with Crippen molar-refractivity contribution in [2.24, 2.45) is 5.92 Å². The molecule has 6 nitrogen and oxygen atoms in total. The second-order valence-electron chi connectivity index (χ2n) is 7.33. The van der Waals surface area contributed by atoms with E-state index in [1.54, 1.807) is 30.3 Å². The van der Waals surface area contributed by atoms with Gasteiger partial charge in [-0.1, -0.05) is 26.0 Å². The second-order valence-corrected chi connectivity index (χ2v) is 9.02. The number of carboxylic acid groups (broad SMARTS) is 1. The molecule has 2 aromatic rings. The molecule has 2 N–H and O–H groups in total. The van der Waals surface area contributed by atoms with Crippen LogP contribution in [0.2, 0.25) is 0 Å². The summed E-state index contributed by atoms with van der Waals surface area (Å²) in [5.74, 6) is -0.592. The number of carbonyl (C=O) groups is 1. The van der Waals surface area contributed by atoms with Crippen molar-refractivity contribution in [3.05, 3.63) is 53.6 Å². The molecule has 3 rings (SSSR count). The zero-order valence-corrected chi connectivity index (χ0v) is 17.0. The van der Waals surface area contributed by atoms with Crippen molar-refractivity contribution in [2.45, 2.75) is 38.0 Å². The topological polar surface area (TPSA) is 86.7 Å². The van der Waals surface area contributed by atoms with Gasteiger partial charge in [0, 0.05) is 13.1 Å². The van der Waals surface area contributed by atoms with Crippen molar-refractivity contribution in [1.82, 2.24) is 0 Å². The Morgan fingerprint density at radius 3 is 2.54 bits per heavy atom. The lowest BCUT2D eigenvalue weighted by Gasteiger charge is -2.34. The van der Waals surface area contributed by atoms with Crippen molar-refractivity contribution in [1.29, 1.82) is 0 Å². The number of nitrogens with one attached hydrogen (secondary N) is 1. The largest absolute Gasteiger partial charge is 0.478 e. The smallest absolute Gasteiger partial charge is 0.335 e. The molecule has 150 valence electrons. The molecule has 0 amide bonds. The number of piperidine rings is 1. The van der Waals surface area contributed by atoms with Crippen LogP contribution in [0.3, 0.4) is 0 Å². The van der Waals surface area contributed by atoms with Crippen LogP contribution in [-0.4, -0.2) is 32.6 Å². The molecular formula is C21H26N2O4S. The van der Waals surface area contributed by atoms with Gasteiger partial charge in [0.2, 0.25) is 0 Å². The van der Waals surface area contributed by atoms with Crippen molar-refractivity contribution in [2.75, 3.05) is 22.7 Å². The lowest BCUT2D eigenvalue weighted by Crippen LogP contribution is -2.35. The quantitative estimate of drug-likeness (QED) is 0.763. The van der Waals surface area contributed by atoms with Gasteiger partial charge < -0.3 is 10.0 Å². The molecule has 7 heteroatoms. The Hall–Kier alpha value is -2.54. The summed E-state index contributed by atoms with van der Waals surface area (Å²) in [7, 11) is -3.83. The van der Waals surface area contributed by atoms with Gasteiger partial charge in [0.15, 0.2) is 0 Å². The molecule has 1 saturated heterocycles. The number of carboxylic acids is 1. The summed E-state index contributed by atoms with van der Waals surface area (Å²) < 4.78 is 28.4. The number of hydrogen-bond donors (Lipinski definition) is 2. The molecule has 0 aromatic heterocycles. The maximum Gasteiger partial charge on any atom is 0.335 e. The first kappa shape index (κ1) is 20.2. The van der Waals surface area contributed by atoms with Crippen LogP contribution in [0.1, 0.15) is 42.6 Å². The van der Waals surface area contributed by atoms with Crippen molar-refractivity contribution < 1.29 is 18.3 Å². The zero-order chi connectivity index (χ0) is 20.3. The number of hydrogen-bond acceptors (Lipinski definition) is 4. The summed E-state index contributed by atoms with van der Waals surface area (Å²) in [6.45, 7) is 5.80. The molecule has 0 radical (unpaired) electrons. The number of nitrogens with zero attached hydrogens (tertiary/aromatic N) is 1. The summed E-state index contributed by atoms with van der Waals surface area (Å²) in [5.41, 5.74) is 2.11. The van der Waals surface area contributed by atoms with E-state index in [0.29, 0.717) is 17.3 Å². The van der Waals surface area contributed by atoms with Crippen LogP contribution < -0.4 is 9.62 Å². The van der Waals surface area contributed by atoms with E-state index < -0.39 is 16.0 Å². The number of sulfonamides is 1. The zero-order valence-electron chi connectivity index (χ0n) is 16.2. The molecule has 1 fully saturated rings. The summed E-state index contributed by atoms with van der Waals surface area (Å²) in [6.07, 6.45) is 2.98. The first-order chi connectivity index (χ1) is 13.3. The number of rotatable bonds is 6. The standard InChI is InChI=1S/C21H26N2O4S/c1-3-16-6-9-18(10-7-16)28(26,27)22-19-13-17(21(24)25)8-11-20(19)23-12-4-5-15(2)14-23/h6-11,13,15,22H,3-5,12,14H2,1-2H3,(H,24,25)/t15-/m0/s1. The maximum atomic E-state index is 12.9. The van der Waals surface area contributed by atoms with E-state index in [1.165, 1.54) is 12.1 Å². The molecule has 0 spiro atoms. The normalized spacial score (nSPS) is 17.4. The van der Waals surface area contributed by atoms with E-state index in [0.717, 1.165) is 37.9 Å². The Morgan fingerprint density at radius 1 is 1.21 bits per heavy atom. The highest BCUT2D eigenvalue weighted by Crippen LogP contribution is 2.32. The number of anilines is 2. The second kappa shape index (κ2) is 8.22. The van der Waals surface area contributed by atoms with E-state index in [9.17, 15) is 18.3 Å². The average molecular weight is 403 g/mol. The fourth-order valence-electron chi connectivity index (χ4n) is 3.54. The van der Waals surface area contributed by atoms with Crippen molar-refractivity contribution in [3.63, 3.8) is 0 Å². The van der Waals surface area contributed by atoms with Crippen molar-refractivity contribution >= 4 is 27.4 Å². The molecule has 1 heterocycles. The molecule has 1 aliphatic rings. The molecule has 1 aliphatic heterocycles. The predicted molar refractivity (Wildman–Crippen MR) is 111 cm³/mol. The van der Waals surface area contributed by atoms with Crippen molar-refractivity contribution in [3.8, 4) is 0 Å². The van der Waals surface area contributed by atoms with Crippen LogP contribution in [0, 0.1) is 5.92 Å². The Bertz CT molecular complexity index is 955. The van der Waals surface area contributed by atoms with Crippen LogP contribution in [0.4, 0.5) is 11.4 Å². The van der Waals surface area contributed by atoms with Gasteiger partial charge in [-0.15, -0.1) is 0 Å². The predicted octanol–water partition coefficient (Wildman–Crippen LogP) is 3.98. The van der Waals surface area contributed by atoms with E-state index >= 15 is 0 Å². The van der Waals surface area contributed by atoms with Gasteiger partial charge in [0.25, 0.3) is 10.0 Å². The average Bonchev–Trinajstić information content (AvgIpc) is 2.67. The first-order valence-electron chi connectivity index (χ1n) is 9.54. The Balaban J connectivity index is 1.97. The summed E-state index contributed by atoms with van der Waals surface area (Å²) >= 11 is 0. The molecule has 0 unspecified atom stereocenters. The van der Waals surface area contributed by atoms with Gasteiger partial charge in [-0.05, 0) is 61.1 Å². The SMILES string of the molecule is CCc1ccc(S(=O)(=O)Nc2cc(C(=O)O)ccc2N2CCC[C@H](C)C2)cc1. The Morgan fingerprint density at radius 2 is 1.93 bits per heavy atom. The van der Waals surface area contributed by atoms with Gasteiger partial charge in [-0.25, -0.2) is 13.2 Å². The van der Waals surface area contributed by atoms with Crippen LogP contribution in [0.15, 0.2) is 47.4 Å². The van der Waals surface area contributed by atoms with E-state index in [1.807, 2.05) is 6.92 Å². The molecule has 0 bridgehead atoms. The molecule has 1 atom stereocenters. The number of benzene rings is 2. The van der Waals surface area contributed by atoms with Gasteiger partial charge in [-0.3, -0.25) is 4.72 Å². The third-order valence-corrected chi connectivity index (χ3v) is 6.51. The summed E-state index contributed by atoms with van der Waals surface area (Å²) in [4.78, 5) is 13.7. The highest BCUT2D eigenvalue weighted by molar-refractivity contribution is 7.92.